The van der Waals surface area contributed by atoms with E-state index < -0.39 is 0 Å². The molecule has 110 valence electrons. The van der Waals surface area contributed by atoms with E-state index >= 15 is 0 Å². The molecule has 21 heavy (non-hydrogen) atoms. The lowest BCUT2D eigenvalue weighted by Gasteiger charge is -2.09. The van der Waals surface area contributed by atoms with Crippen LogP contribution < -0.4 is 10.6 Å². The second-order valence-electron chi connectivity index (χ2n) is 4.99. The van der Waals surface area contributed by atoms with Gasteiger partial charge in [0.25, 0.3) is 0 Å². The number of amides is 2. The molecular weight excluding hydrogens is 267 g/mol. The van der Waals surface area contributed by atoms with Crippen molar-refractivity contribution in [3.63, 3.8) is 0 Å². The Morgan fingerprint density at radius 1 is 1.05 bits per heavy atom. The Hall–Kier alpha value is -2.36. The lowest BCUT2D eigenvalue weighted by Crippen LogP contribution is -2.19. The van der Waals surface area contributed by atoms with Crippen molar-refractivity contribution in [2.24, 2.45) is 0 Å². The van der Waals surface area contributed by atoms with Gasteiger partial charge in [0.1, 0.15) is 5.82 Å². The minimum Gasteiger partial charge on any atom is -0.308 e. The molecule has 0 radical (unpaired) electrons. The van der Waals surface area contributed by atoms with Gasteiger partial charge in [-0.05, 0) is 48.7 Å². The third-order valence-electron chi connectivity index (χ3n) is 3.18. The van der Waals surface area contributed by atoms with Gasteiger partial charge < -0.3 is 10.6 Å². The summed E-state index contributed by atoms with van der Waals surface area (Å²) in [5.41, 5.74) is 2.93. The number of benzene rings is 2. The molecule has 0 bridgehead atoms. The number of anilines is 2. The molecule has 4 heteroatoms. The summed E-state index contributed by atoms with van der Waals surface area (Å²) in [5.74, 6) is -0.336. The van der Waals surface area contributed by atoms with Gasteiger partial charge >= 0.3 is 6.03 Å². The third-order valence-corrected chi connectivity index (χ3v) is 3.18. The first-order chi connectivity index (χ1) is 10.1. The number of carbonyl (C=O) groups excluding carboxylic acids is 1. The summed E-state index contributed by atoms with van der Waals surface area (Å²) in [5, 5.41) is 5.33. The van der Waals surface area contributed by atoms with E-state index in [-0.39, 0.29) is 11.8 Å². The predicted octanol–water partition coefficient (Wildman–Crippen LogP) is 4.73. The van der Waals surface area contributed by atoms with Crippen LogP contribution in [-0.2, 0) is 6.42 Å². The Kier molecular flexibility index (Phi) is 4.93. The van der Waals surface area contributed by atoms with Crippen LogP contribution in [0, 0.1) is 12.7 Å². The highest BCUT2D eigenvalue weighted by Gasteiger charge is 2.05. The Bertz CT molecular complexity index is 623. The molecule has 2 aromatic carbocycles. The highest BCUT2D eigenvalue weighted by atomic mass is 19.1. The lowest BCUT2D eigenvalue weighted by molar-refractivity contribution is 0.262. The maximum Gasteiger partial charge on any atom is 0.323 e. The first-order valence-electron chi connectivity index (χ1n) is 7.01. The SMILES string of the molecule is CCCc1ccc(NC(=O)Nc2ccc(C)c(F)c2)cc1. The first-order valence-corrected chi connectivity index (χ1v) is 7.01. The maximum absolute atomic E-state index is 13.4. The largest absolute Gasteiger partial charge is 0.323 e. The second kappa shape index (κ2) is 6.88. The zero-order valence-corrected chi connectivity index (χ0v) is 12.2. The van der Waals surface area contributed by atoms with Crippen LogP contribution in [0.5, 0.6) is 0 Å². The molecule has 2 rings (SSSR count). The number of rotatable bonds is 4. The molecule has 0 heterocycles. The summed E-state index contributed by atoms with van der Waals surface area (Å²) in [6.07, 6.45) is 2.11. The Morgan fingerprint density at radius 3 is 2.29 bits per heavy atom. The van der Waals surface area contributed by atoms with E-state index in [1.54, 1.807) is 19.1 Å². The van der Waals surface area contributed by atoms with Crippen LogP contribution in [0.3, 0.4) is 0 Å². The smallest absolute Gasteiger partial charge is 0.308 e. The fraction of sp³-hybridized carbons (Fsp3) is 0.235. The van der Waals surface area contributed by atoms with E-state index in [4.69, 9.17) is 0 Å². The maximum atomic E-state index is 13.4. The van der Waals surface area contributed by atoms with Crippen molar-refractivity contribution in [2.45, 2.75) is 26.7 Å². The molecule has 0 saturated heterocycles. The summed E-state index contributed by atoms with van der Waals surface area (Å²) in [6, 6.07) is 11.9. The van der Waals surface area contributed by atoms with Crippen LogP contribution in [0.1, 0.15) is 24.5 Å². The molecule has 0 aromatic heterocycles. The van der Waals surface area contributed by atoms with E-state index in [2.05, 4.69) is 17.6 Å². The molecule has 2 amide bonds. The van der Waals surface area contributed by atoms with Gasteiger partial charge in [0.2, 0.25) is 0 Å². The summed E-state index contributed by atoms with van der Waals surface area (Å²) < 4.78 is 13.4. The average molecular weight is 286 g/mol. The van der Waals surface area contributed by atoms with Crippen LogP contribution >= 0.6 is 0 Å². The lowest BCUT2D eigenvalue weighted by atomic mass is 10.1. The topological polar surface area (TPSA) is 41.1 Å². The summed E-state index contributed by atoms with van der Waals surface area (Å²) in [4.78, 5) is 11.8. The average Bonchev–Trinajstić information content (AvgIpc) is 2.45. The number of hydrogen-bond donors (Lipinski definition) is 2. The molecule has 0 spiro atoms. The molecule has 0 aliphatic carbocycles. The monoisotopic (exact) mass is 286 g/mol. The number of halogens is 1. The van der Waals surface area contributed by atoms with Crippen LogP contribution in [-0.4, -0.2) is 6.03 Å². The van der Waals surface area contributed by atoms with E-state index in [0.29, 0.717) is 16.9 Å². The van der Waals surface area contributed by atoms with Gasteiger partial charge in [0.05, 0.1) is 0 Å². The molecule has 0 saturated carbocycles. The summed E-state index contributed by atoms with van der Waals surface area (Å²) >= 11 is 0. The van der Waals surface area contributed by atoms with Gasteiger partial charge in [0, 0.05) is 11.4 Å². The van der Waals surface area contributed by atoms with Gasteiger partial charge in [-0.15, -0.1) is 0 Å². The number of aryl methyl sites for hydroxylation is 2. The number of hydrogen-bond acceptors (Lipinski definition) is 1. The van der Waals surface area contributed by atoms with Crippen molar-refractivity contribution in [3.05, 3.63) is 59.4 Å². The molecule has 0 aliphatic heterocycles. The molecule has 0 unspecified atom stereocenters. The molecule has 3 nitrogen and oxygen atoms in total. The Morgan fingerprint density at radius 2 is 1.67 bits per heavy atom. The van der Waals surface area contributed by atoms with Crippen molar-refractivity contribution in [1.82, 2.24) is 0 Å². The highest BCUT2D eigenvalue weighted by Crippen LogP contribution is 2.15. The normalized spacial score (nSPS) is 10.2. The molecule has 2 N–H and O–H groups in total. The van der Waals surface area contributed by atoms with Crippen molar-refractivity contribution in [3.8, 4) is 0 Å². The highest BCUT2D eigenvalue weighted by molar-refractivity contribution is 5.99. The molecule has 0 fully saturated rings. The number of carbonyl (C=O) groups is 1. The molecular formula is C17H19FN2O. The van der Waals surface area contributed by atoms with Gasteiger partial charge in [-0.25, -0.2) is 9.18 Å². The second-order valence-corrected chi connectivity index (χ2v) is 4.99. The van der Waals surface area contributed by atoms with Gasteiger partial charge in [0.15, 0.2) is 0 Å². The molecule has 2 aromatic rings. The number of urea groups is 1. The molecule has 0 atom stereocenters. The standard InChI is InChI=1S/C17H19FN2O/c1-3-4-13-6-9-14(10-7-13)19-17(21)20-15-8-5-12(2)16(18)11-15/h5-11H,3-4H2,1-2H3,(H2,19,20,21). The van der Waals surface area contributed by atoms with Crippen LogP contribution in [0.15, 0.2) is 42.5 Å². The van der Waals surface area contributed by atoms with E-state index in [9.17, 15) is 9.18 Å². The zero-order valence-electron chi connectivity index (χ0n) is 12.2. The fourth-order valence-corrected chi connectivity index (χ4v) is 2.01. The first kappa shape index (κ1) is 15.0. The third kappa shape index (κ3) is 4.31. The fourth-order valence-electron chi connectivity index (χ4n) is 2.01. The van der Waals surface area contributed by atoms with Crippen LogP contribution in [0.4, 0.5) is 20.6 Å². The van der Waals surface area contributed by atoms with Crippen molar-refractivity contribution in [1.29, 1.82) is 0 Å². The van der Waals surface area contributed by atoms with Crippen molar-refractivity contribution < 1.29 is 9.18 Å². The summed E-state index contributed by atoms with van der Waals surface area (Å²) in [7, 11) is 0. The van der Waals surface area contributed by atoms with E-state index in [1.165, 1.54) is 11.6 Å². The van der Waals surface area contributed by atoms with Crippen LogP contribution in [0.2, 0.25) is 0 Å². The number of nitrogens with one attached hydrogen (secondary N) is 2. The van der Waals surface area contributed by atoms with Crippen molar-refractivity contribution in [2.75, 3.05) is 10.6 Å². The Balaban J connectivity index is 1.96. The quantitative estimate of drug-likeness (QED) is 0.838. The van der Waals surface area contributed by atoms with Gasteiger partial charge in [-0.2, -0.15) is 0 Å². The van der Waals surface area contributed by atoms with Crippen LogP contribution in [0.25, 0.3) is 0 Å². The summed E-state index contributed by atoms with van der Waals surface area (Å²) in [6.45, 7) is 3.80. The molecule has 0 aliphatic rings. The van der Waals surface area contributed by atoms with E-state index in [1.807, 2.05) is 24.3 Å². The van der Waals surface area contributed by atoms with Gasteiger partial charge in [-0.3, -0.25) is 0 Å². The van der Waals surface area contributed by atoms with Gasteiger partial charge in [-0.1, -0.05) is 31.5 Å². The Labute approximate surface area is 124 Å². The zero-order chi connectivity index (χ0) is 15.2. The minimum absolute atomic E-state index is 0.336. The van der Waals surface area contributed by atoms with E-state index in [0.717, 1.165) is 12.8 Å². The predicted molar refractivity (Wildman–Crippen MR) is 84.2 cm³/mol. The van der Waals surface area contributed by atoms with Crippen molar-refractivity contribution >= 4 is 17.4 Å². The minimum atomic E-state index is -0.388.